The van der Waals surface area contributed by atoms with Gasteiger partial charge in [-0.1, -0.05) is 35.9 Å². The maximum Gasteiger partial charge on any atom is 0.369 e. The van der Waals surface area contributed by atoms with Gasteiger partial charge in [-0.2, -0.15) is 0 Å². The van der Waals surface area contributed by atoms with Crippen LogP contribution in [0.4, 0.5) is 11.4 Å². The van der Waals surface area contributed by atoms with Crippen LogP contribution in [-0.4, -0.2) is 38.1 Å². The van der Waals surface area contributed by atoms with Gasteiger partial charge in [0.15, 0.2) is 0 Å². The van der Waals surface area contributed by atoms with Gasteiger partial charge in [-0.05, 0) is 38.0 Å². The van der Waals surface area contributed by atoms with E-state index in [0.717, 1.165) is 19.6 Å². The quantitative estimate of drug-likeness (QED) is 0.796. The van der Waals surface area contributed by atoms with Crippen molar-refractivity contribution in [2.45, 2.75) is 27.3 Å². The smallest absolute Gasteiger partial charge is 0.369 e. The van der Waals surface area contributed by atoms with Crippen LogP contribution in [0.5, 0.6) is 0 Å². The number of hydrogen-bond donors (Lipinski definition) is 0. The van der Waals surface area contributed by atoms with Gasteiger partial charge in [0.25, 0.3) is 0 Å². The van der Waals surface area contributed by atoms with Crippen LogP contribution in [0.1, 0.15) is 22.3 Å². The number of nitrogens with zero attached hydrogens (tertiary/aromatic N) is 3. The normalized spacial score (nSPS) is 14.0. The van der Waals surface area contributed by atoms with Gasteiger partial charge in [0.2, 0.25) is 0 Å². The molecule has 1 heterocycles. The molecule has 3 nitrogen and oxygen atoms in total. The monoisotopic (exact) mass is 321 g/mol. The van der Waals surface area contributed by atoms with Crippen molar-refractivity contribution in [1.82, 2.24) is 0 Å². The molecule has 0 saturated heterocycles. The largest absolute Gasteiger partial charge is 0.377 e. The highest BCUT2D eigenvalue weighted by atomic mass is 15.3. The summed E-state index contributed by atoms with van der Waals surface area (Å²) in [5, 5.41) is 0. The Kier molecular flexibility index (Phi) is 4.61. The van der Waals surface area contributed by atoms with E-state index in [1.807, 2.05) is 0 Å². The van der Waals surface area contributed by atoms with E-state index >= 15 is 0 Å². The first-order valence-electron chi connectivity index (χ1n) is 8.57. The first-order valence-corrected chi connectivity index (χ1v) is 8.57. The molecule has 2 aromatic carbocycles. The summed E-state index contributed by atoms with van der Waals surface area (Å²) >= 11 is 0. The minimum atomic E-state index is 0.898. The molecule has 0 unspecified atom stereocenters. The molecule has 0 aromatic heterocycles. The fraction of sp³-hybridized carbons (Fsp3) is 0.381. The van der Waals surface area contributed by atoms with Crippen LogP contribution in [0.15, 0.2) is 36.4 Å². The van der Waals surface area contributed by atoms with E-state index in [9.17, 15) is 0 Å². The van der Waals surface area contributed by atoms with Crippen LogP contribution < -0.4 is 9.80 Å². The lowest BCUT2D eigenvalue weighted by Crippen LogP contribution is -2.20. The fourth-order valence-corrected chi connectivity index (χ4v) is 3.65. The molecule has 0 N–H and O–H groups in total. The van der Waals surface area contributed by atoms with Gasteiger partial charge in [-0.25, -0.2) is 9.48 Å². The molecule has 0 amide bonds. The van der Waals surface area contributed by atoms with Gasteiger partial charge >= 0.3 is 6.34 Å². The zero-order chi connectivity index (χ0) is 17.3. The van der Waals surface area contributed by atoms with Crippen LogP contribution in [0.25, 0.3) is 0 Å². The van der Waals surface area contributed by atoms with Crippen molar-refractivity contribution in [3.05, 3.63) is 58.7 Å². The molecule has 0 bridgehead atoms. The standard InChI is InChI=1S/C21H27N3/c1-16-12-17(2)21(18(3)13-16)24-11-10-23(15-24)14-19-8-6-7-9-20(19)22(4)5/h6-9,12-13H,10-11,14H2,1-5H3/q+1. The van der Waals surface area contributed by atoms with Gasteiger partial charge in [-0.3, -0.25) is 0 Å². The third-order valence-corrected chi connectivity index (χ3v) is 4.60. The summed E-state index contributed by atoms with van der Waals surface area (Å²) in [6, 6.07) is 13.1. The second kappa shape index (κ2) is 6.68. The Morgan fingerprint density at radius 1 is 1.08 bits per heavy atom. The first kappa shape index (κ1) is 16.6. The van der Waals surface area contributed by atoms with Crippen molar-refractivity contribution in [3.63, 3.8) is 0 Å². The lowest BCUT2D eigenvalue weighted by atomic mass is 10.0. The molecule has 0 aliphatic carbocycles. The SMILES string of the molecule is Cc1cc(C)c(N2[C]=[N+](Cc3ccccc3N(C)C)CC2)c(C)c1. The Bertz CT molecular complexity index is 751. The zero-order valence-corrected chi connectivity index (χ0v) is 15.4. The maximum absolute atomic E-state index is 3.57. The van der Waals surface area contributed by atoms with Crippen molar-refractivity contribution >= 4 is 17.7 Å². The molecule has 1 aliphatic heterocycles. The van der Waals surface area contributed by atoms with E-state index in [4.69, 9.17) is 0 Å². The molecule has 0 spiro atoms. The Balaban J connectivity index is 1.85. The Labute approximate surface area is 145 Å². The fourth-order valence-electron chi connectivity index (χ4n) is 3.65. The summed E-state index contributed by atoms with van der Waals surface area (Å²) in [4.78, 5) is 4.46. The molecule has 1 radical (unpaired) electrons. The number of anilines is 2. The number of benzene rings is 2. The van der Waals surface area contributed by atoms with E-state index in [2.05, 4.69) is 92.0 Å². The summed E-state index contributed by atoms with van der Waals surface area (Å²) < 4.78 is 2.29. The summed E-state index contributed by atoms with van der Waals surface area (Å²) in [5.74, 6) is 0. The Hall–Kier alpha value is -2.29. The average Bonchev–Trinajstić information content (AvgIpc) is 2.94. The number of para-hydroxylation sites is 1. The summed E-state index contributed by atoms with van der Waals surface area (Å²) in [7, 11) is 4.20. The molecule has 0 atom stereocenters. The lowest BCUT2D eigenvalue weighted by Gasteiger charge is -2.16. The predicted molar refractivity (Wildman–Crippen MR) is 103 cm³/mol. The molecular formula is C21H27N3+. The van der Waals surface area contributed by atoms with Crippen LogP contribution >= 0.6 is 0 Å². The van der Waals surface area contributed by atoms with Gasteiger partial charge in [0.05, 0.1) is 0 Å². The molecule has 125 valence electrons. The van der Waals surface area contributed by atoms with E-state index in [1.165, 1.54) is 33.6 Å². The molecule has 1 aliphatic rings. The van der Waals surface area contributed by atoms with E-state index in [1.54, 1.807) is 0 Å². The number of rotatable bonds is 4. The molecule has 0 saturated carbocycles. The van der Waals surface area contributed by atoms with Crippen LogP contribution in [-0.2, 0) is 6.54 Å². The highest BCUT2D eigenvalue weighted by Gasteiger charge is 2.26. The Morgan fingerprint density at radius 2 is 1.75 bits per heavy atom. The third kappa shape index (κ3) is 3.30. The van der Waals surface area contributed by atoms with Gasteiger partial charge in [0.1, 0.15) is 25.3 Å². The number of hydrogen-bond acceptors (Lipinski definition) is 2. The highest BCUT2D eigenvalue weighted by Crippen LogP contribution is 2.27. The van der Waals surface area contributed by atoms with E-state index in [0.29, 0.717) is 0 Å². The third-order valence-electron chi connectivity index (χ3n) is 4.60. The van der Waals surface area contributed by atoms with E-state index < -0.39 is 0 Å². The molecule has 3 rings (SSSR count). The van der Waals surface area contributed by atoms with Crippen molar-refractivity contribution < 1.29 is 4.58 Å². The van der Waals surface area contributed by atoms with Crippen molar-refractivity contribution in [3.8, 4) is 0 Å². The van der Waals surface area contributed by atoms with Crippen molar-refractivity contribution in [2.75, 3.05) is 37.0 Å². The number of aryl methyl sites for hydroxylation is 3. The van der Waals surface area contributed by atoms with Crippen LogP contribution in [0.3, 0.4) is 0 Å². The molecule has 0 fully saturated rings. The molecular weight excluding hydrogens is 294 g/mol. The van der Waals surface area contributed by atoms with Crippen molar-refractivity contribution in [2.24, 2.45) is 0 Å². The van der Waals surface area contributed by atoms with Gasteiger partial charge in [0, 0.05) is 25.3 Å². The molecule has 3 heteroatoms. The minimum absolute atomic E-state index is 0.898. The minimum Gasteiger partial charge on any atom is -0.377 e. The van der Waals surface area contributed by atoms with Crippen molar-refractivity contribution in [1.29, 1.82) is 0 Å². The second-order valence-electron chi connectivity index (χ2n) is 6.94. The topological polar surface area (TPSA) is 9.49 Å². The summed E-state index contributed by atoms with van der Waals surface area (Å²) in [5.41, 5.74) is 7.91. The lowest BCUT2D eigenvalue weighted by molar-refractivity contribution is -0.529. The molecule has 2 aromatic rings. The highest BCUT2D eigenvalue weighted by molar-refractivity contribution is 5.81. The van der Waals surface area contributed by atoms with Gasteiger partial charge < -0.3 is 4.90 Å². The van der Waals surface area contributed by atoms with Gasteiger partial charge in [-0.15, -0.1) is 0 Å². The van der Waals surface area contributed by atoms with E-state index in [-0.39, 0.29) is 0 Å². The average molecular weight is 321 g/mol. The maximum atomic E-state index is 3.57. The van der Waals surface area contributed by atoms with Crippen LogP contribution in [0.2, 0.25) is 0 Å². The molecule has 24 heavy (non-hydrogen) atoms. The predicted octanol–water partition coefficient (Wildman–Crippen LogP) is 3.62. The summed E-state index contributed by atoms with van der Waals surface area (Å²) in [6.45, 7) is 9.45. The zero-order valence-electron chi connectivity index (χ0n) is 15.4. The Morgan fingerprint density at radius 3 is 2.42 bits per heavy atom. The van der Waals surface area contributed by atoms with Crippen LogP contribution in [0, 0.1) is 20.8 Å². The first-order chi connectivity index (χ1) is 11.5. The summed E-state index contributed by atoms with van der Waals surface area (Å²) in [6.07, 6.45) is 3.57. The second-order valence-corrected chi connectivity index (χ2v) is 6.94.